The Hall–Kier alpha value is -2.87. The summed E-state index contributed by atoms with van der Waals surface area (Å²) in [6.07, 6.45) is 0.679. The second-order valence-corrected chi connectivity index (χ2v) is 5.07. The fourth-order valence-electron chi connectivity index (χ4n) is 1.89. The number of aromatic nitrogens is 3. The smallest absolute Gasteiger partial charge is 0.408 e. The number of nitrogens with one attached hydrogen (secondary N) is 1. The summed E-state index contributed by atoms with van der Waals surface area (Å²) >= 11 is 1.51. The SMILES string of the molecule is NC(=O)Oc1cc(-c2ccnc(N)n2)[nH]c1-c1cccs1. The zero-order valence-electron chi connectivity index (χ0n) is 10.7. The number of hydrogen-bond acceptors (Lipinski definition) is 6. The number of carbonyl (C=O) groups excluding carboxylic acids is 1. The van der Waals surface area contributed by atoms with E-state index >= 15 is 0 Å². The van der Waals surface area contributed by atoms with E-state index in [4.69, 9.17) is 16.2 Å². The van der Waals surface area contributed by atoms with Crippen LogP contribution in [0.2, 0.25) is 0 Å². The van der Waals surface area contributed by atoms with Gasteiger partial charge in [0.05, 0.1) is 22.0 Å². The Balaban J connectivity index is 2.09. The zero-order valence-corrected chi connectivity index (χ0v) is 11.6. The standard InChI is InChI=1S/C13H11N5O2S/c14-12-16-4-3-7(18-12)8-6-9(20-13(15)19)11(17-8)10-2-1-5-21-10/h1-6,17H,(H2,15,19)(H2,14,16,18). The molecule has 0 saturated heterocycles. The summed E-state index contributed by atoms with van der Waals surface area (Å²) < 4.78 is 5.04. The highest BCUT2D eigenvalue weighted by molar-refractivity contribution is 7.13. The highest BCUT2D eigenvalue weighted by Gasteiger charge is 2.16. The van der Waals surface area contributed by atoms with Gasteiger partial charge in [0.15, 0.2) is 5.75 Å². The number of nitrogen functional groups attached to an aromatic ring is 1. The molecular weight excluding hydrogens is 290 g/mol. The highest BCUT2D eigenvalue weighted by atomic mass is 32.1. The molecule has 5 N–H and O–H groups in total. The second kappa shape index (κ2) is 5.25. The van der Waals surface area contributed by atoms with E-state index in [1.807, 2.05) is 17.5 Å². The van der Waals surface area contributed by atoms with Crippen LogP contribution in [0.5, 0.6) is 5.75 Å². The van der Waals surface area contributed by atoms with Crippen molar-refractivity contribution in [2.45, 2.75) is 0 Å². The van der Waals surface area contributed by atoms with Crippen LogP contribution >= 0.6 is 11.3 Å². The monoisotopic (exact) mass is 301 g/mol. The zero-order chi connectivity index (χ0) is 14.8. The topological polar surface area (TPSA) is 120 Å². The number of anilines is 1. The number of ether oxygens (including phenoxy) is 1. The highest BCUT2D eigenvalue weighted by Crippen LogP contribution is 2.36. The lowest BCUT2D eigenvalue weighted by Gasteiger charge is -2.00. The van der Waals surface area contributed by atoms with E-state index in [1.54, 1.807) is 18.3 Å². The minimum absolute atomic E-state index is 0.164. The molecule has 21 heavy (non-hydrogen) atoms. The molecule has 0 fully saturated rings. The maximum absolute atomic E-state index is 11.0. The minimum atomic E-state index is -0.874. The fraction of sp³-hybridized carbons (Fsp3) is 0. The molecule has 0 radical (unpaired) electrons. The van der Waals surface area contributed by atoms with Crippen molar-refractivity contribution in [3.05, 3.63) is 35.8 Å². The van der Waals surface area contributed by atoms with Crippen LogP contribution < -0.4 is 16.2 Å². The van der Waals surface area contributed by atoms with Gasteiger partial charge in [-0.3, -0.25) is 0 Å². The van der Waals surface area contributed by atoms with Crippen LogP contribution in [0.15, 0.2) is 35.8 Å². The van der Waals surface area contributed by atoms with E-state index in [0.29, 0.717) is 22.8 Å². The van der Waals surface area contributed by atoms with E-state index in [-0.39, 0.29) is 5.95 Å². The number of nitrogens with two attached hydrogens (primary N) is 2. The van der Waals surface area contributed by atoms with Gasteiger partial charge in [-0.05, 0) is 17.5 Å². The largest absolute Gasteiger partial charge is 0.410 e. The predicted molar refractivity (Wildman–Crippen MR) is 79.8 cm³/mol. The number of carbonyl (C=O) groups is 1. The average molecular weight is 301 g/mol. The van der Waals surface area contributed by atoms with Crippen molar-refractivity contribution >= 4 is 23.4 Å². The molecule has 3 aromatic heterocycles. The molecule has 0 aliphatic carbocycles. The van der Waals surface area contributed by atoms with Gasteiger partial charge in [0, 0.05) is 12.3 Å². The molecule has 0 unspecified atom stereocenters. The Bertz CT molecular complexity index is 782. The van der Waals surface area contributed by atoms with Crippen LogP contribution in [-0.4, -0.2) is 21.0 Å². The van der Waals surface area contributed by atoms with Crippen LogP contribution in [0.25, 0.3) is 22.0 Å². The van der Waals surface area contributed by atoms with Gasteiger partial charge in [-0.1, -0.05) is 6.07 Å². The van der Waals surface area contributed by atoms with Gasteiger partial charge in [-0.15, -0.1) is 11.3 Å². The number of rotatable bonds is 3. The van der Waals surface area contributed by atoms with Crippen molar-refractivity contribution in [3.8, 4) is 27.7 Å². The van der Waals surface area contributed by atoms with Crippen LogP contribution in [-0.2, 0) is 0 Å². The lowest BCUT2D eigenvalue weighted by Crippen LogP contribution is -2.16. The predicted octanol–water partition coefficient (Wildman–Crippen LogP) is 2.24. The van der Waals surface area contributed by atoms with Gasteiger partial charge in [0.2, 0.25) is 5.95 Å². The Morgan fingerprint density at radius 1 is 1.38 bits per heavy atom. The molecule has 1 amide bonds. The number of nitrogens with zero attached hydrogens (tertiary/aromatic N) is 2. The molecule has 0 spiro atoms. The lowest BCUT2D eigenvalue weighted by molar-refractivity contribution is 0.211. The number of H-pyrrole nitrogens is 1. The molecule has 0 saturated carbocycles. The number of amides is 1. The summed E-state index contributed by atoms with van der Waals surface area (Å²) in [5, 5.41) is 1.92. The Morgan fingerprint density at radius 2 is 2.24 bits per heavy atom. The van der Waals surface area contributed by atoms with Gasteiger partial charge < -0.3 is 21.2 Å². The summed E-state index contributed by atoms with van der Waals surface area (Å²) in [5.74, 6) is 0.509. The molecule has 3 aromatic rings. The molecule has 0 aromatic carbocycles. The minimum Gasteiger partial charge on any atom is -0.408 e. The molecule has 3 heterocycles. The first-order valence-corrected chi connectivity index (χ1v) is 6.84. The molecule has 106 valence electrons. The molecule has 3 rings (SSSR count). The van der Waals surface area contributed by atoms with Crippen molar-refractivity contribution in [1.82, 2.24) is 15.0 Å². The van der Waals surface area contributed by atoms with Gasteiger partial charge in [-0.2, -0.15) is 0 Å². The van der Waals surface area contributed by atoms with Crippen LogP contribution in [0.4, 0.5) is 10.7 Å². The van der Waals surface area contributed by atoms with E-state index in [0.717, 1.165) is 4.88 Å². The second-order valence-electron chi connectivity index (χ2n) is 4.12. The lowest BCUT2D eigenvalue weighted by atomic mass is 10.3. The first-order chi connectivity index (χ1) is 10.1. The van der Waals surface area contributed by atoms with E-state index in [9.17, 15) is 4.79 Å². The number of primary amides is 1. The van der Waals surface area contributed by atoms with Crippen molar-refractivity contribution < 1.29 is 9.53 Å². The molecule has 0 bridgehead atoms. The normalized spacial score (nSPS) is 10.5. The van der Waals surface area contributed by atoms with Crippen LogP contribution in [0.3, 0.4) is 0 Å². The molecule has 0 aliphatic heterocycles. The first-order valence-electron chi connectivity index (χ1n) is 5.96. The Kier molecular flexibility index (Phi) is 3.28. The van der Waals surface area contributed by atoms with Crippen molar-refractivity contribution in [1.29, 1.82) is 0 Å². The third-order valence-electron chi connectivity index (χ3n) is 2.71. The maximum Gasteiger partial charge on any atom is 0.410 e. The van der Waals surface area contributed by atoms with E-state index < -0.39 is 6.09 Å². The van der Waals surface area contributed by atoms with Crippen molar-refractivity contribution in [2.75, 3.05) is 5.73 Å². The number of thiophene rings is 1. The van der Waals surface area contributed by atoms with E-state index in [1.165, 1.54) is 11.3 Å². The van der Waals surface area contributed by atoms with Gasteiger partial charge in [0.25, 0.3) is 0 Å². The molecular formula is C13H11N5O2S. The van der Waals surface area contributed by atoms with Crippen molar-refractivity contribution in [3.63, 3.8) is 0 Å². The first kappa shape index (κ1) is 13.1. The summed E-state index contributed by atoms with van der Waals surface area (Å²) in [6.45, 7) is 0. The fourth-order valence-corrected chi connectivity index (χ4v) is 2.62. The Labute approximate surface area is 123 Å². The third-order valence-corrected chi connectivity index (χ3v) is 3.60. The van der Waals surface area contributed by atoms with Gasteiger partial charge >= 0.3 is 6.09 Å². The van der Waals surface area contributed by atoms with E-state index in [2.05, 4.69) is 15.0 Å². The van der Waals surface area contributed by atoms with Crippen LogP contribution in [0, 0.1) is 0 Å². The number of hydrogen-bond donors (Lipinski definition) is 3. The van der Waals surface area contributed by atoms with Crippen molar-refractivity contribution in [2.24, 2.45) is 5.73 Å². The third kappa shape index (κ3) is 2.70. The summed E-state index contributed by atoms with van der Waals surface area (Å²) in [6, 6.07) is 7.16. The average Bonchev–Trinajstić information content (AvgIpc) is 3.06. The van der Waals surface area contributed by atoms with Crippen LogP contribution in [0.1, 0.15) is 0 Å². The summed E-state index contributed by atoms with van der Waals surface area (Å²) in [4.78, 5) is 23.1. The number of aromatic amines is 1. The quantitative estimate of drug-likeness (QED) is 0.685. The molecule has 8 heteroatoms. The summed E-state index contributed by atoms with van der Waals surface area (Å²) in [7, 11) is 0. The Morgan fingerprint density at radius 3 is 2.90 bits per heavy atom. The summed E-state index contributed by atoms with van der Waals surface area (Å²) in [5.41, 5.74) is 12.6. The molecule has 0 aliphatic rings. The maximum atomic E-state index is 11.0. The molecule has 7 nitrogen and oxygen atoms in total. The van der Waals surface area contributed by atoms with Gasteiger partial charge in [0.1, 0.15) is 0 Å². The molecule has 0 atom stereocenters. The van der Waals surface area contributed by atoms with Gasteiger partial charge in [-0.25, -0.2) is 14.8 Å².